The van der Waals surface area contributed by atoms with Gasteiger partial charge in [0.05, 0.1) is 17.3 Å². The molecular formula is C21H17Cl2N3O. The molecule has 0 spiro atoms. The van der Waals surface area contributed by atoms with E-state index in [0.717, 1.165) is 22.4 Å². The van der Waals surface area contributed by atoms with Crippen molar-refractivity contribution >= 4 is 29.0 Å². The Labute approximate surface area is 168 Å². The van der Waals surface area contributed by atoms with Gasteiger partial charge in [0, 0.05) is 16.1 Å². The molecule has 6 heteroatoms. The Morgan fingerprint density at radius 3 is 2.44 bits per heavy atom. The van der Waals surface area contributed by atoms with E-state index in [-0.39, 0.29) is 5.82 Å². The Morgan fingerprint density at radius 2 is 1.85 bits per heavy atom. The molecule has 0 saturated carbocycles. The van der Waals surface area contributed by atoms with Crippen LogP contribution in [-0.2, 0) is 0 Å². The summed E-state index contributed by atoms with van der Waals surface area (Å²) < 4.78 is 5.50. The van der Waals surface area contributed by atoms with Crippen LogP contribution in [0.3, 0.4) is 0 Å². The van der Waals surface area contributed by atoms with Crippen molar-refractivity contribution in [2.45, 2.75) is 13.8 Å². The smallest absolute Gasteiger partial charge is 0.142 e. The fourth-order valence-electron chi connectivity index (χ4n) is 3.00. The zero-order chi connectivity index (χ0) is 19.6. The van der Waals surface area contributed by atoms with E-state index in [4.69, 9.17) is 33.7 Å². The van der Waals surface area contributed by atoms with Crippen LogP contribution < -0.4 is 10.5 Å². The lowest BCUT2D eigenvalue weighted by molar-refractivity contribution is 0.340. The van der Waals surface area contributed by atoms with Crippen molar-refractivity contribution in [3.05, 3.63) is 63.6 Å². The Bertz CT molecular complexity index is 1040. The molecule has 136 valence electrons. The summed E-state index contributed by atoms with van der Waals surface area (Å²) >= 11 is 12.4. The molecule has 2 aromatic carbocycles. The quantitative estimate of drug-likeness (QED) is 0.595. The van der Waals surface area contributed by atoms with Crippen molar-refractivity contribution in [3.8, 4) is 34.2 Å². The van der Waals surface area contributed by atoms with Crippen molar-refractivity contribution in [1.29, 1.82) is 5.26 Å². The minimum atomic E-state index is 0.160. The second-order valence-electron chi connectivity index (χ2n) is 5.91. The molecule has 0 radical (unpaired) electrons. The zero-order valence-electron chi connectivity index (χ0n) is 14.9. The molecule has 2 N–H and O–H groups in total. The first kappa shape index (κ1) is 19.0. The fourth-order valence-corrected chi connectivity index (χ4v) is 3.49. The van der Waals surface area contributed by atoms with Crippen LogP contribution in [0.2, 0.25) is 10.0 Å². The highest BCUT2D eigenvalue weighted by molar-refractivity contribution is 6.36. The topological polar surface area (TPSA) is 71.9 Å². The van der Waals surface area contributed by atoms with Gasteiger partial charge in [-0.25, -0.2) is 4.98 Å². The van der Waals surface area contributed by atoms with E-state index in [1.165, 1.54) is 0 Å². The Kier molecular flexibility index (Phi) is 5.55. The molecule has 3 rings (SSSR count). The summed E-state index contributed by atoms with van der Waals surface area (Å²) in [4.78, 5) is 4.44. The molecule has 0 unspecified atom stereocenters. The zero-order valence-corrected chi connectivity index (χ0v) is 16.4. The van der Waals surface area contributed by atoms with Gasteiger partial charge in [-0.05, 0) is 55.3 Å². The number of nitrogen functional groups attached to an aromatic ring is 1. The molecule has 1 aromatic heterocycles. The summed E-state index contributed by atoms with van der Waals surface area (Å²) in [7, 11) is 0. The normalized spacial score (nSPS) is 10.5. The maximum Gasteiger partial charge on any atom is 0.142 e. The Balaban J connectivity index is 2.24. The van der Waals surface area contributed by atoms with Gasteiger partial charge in [-0.3, -0.25) is 0 Å². The van der Waals surface area contributed by atoms with Gasteiger partial charge in [-0.1, -0.05) is 35.3 Å². The lowest BCUT2D eigenvalue weighted by Crippen LogP contribution is -2.03. The highest BCUT2D eigenvalue weighted by Crippen LogP contribution is 2.39. The summed E-state index contributed by atoms with van der Waals surface area (Å²) in [5.74, 6) is 0.924. The second kappa shape index (κ2) is 7.87. The van der Waals surface area contributed by atoms with Crippen molar-refractivity contribution in [2.75, 3.05) is 12.3 Å². The van der Waals surface area contributed by atoms with E-state index in [0.29, 0.717) is 33.5 Å². The minimum absolute atomic E-state index is 0.160. The molecule has 0 aliphatic rings. The van der Waals surface area contributed by atoms with Crippen LogP contribution in [0.4, 0.5) is 5.82 Å². The minimum Gasteiger partial charge on any atom is -0.494 e. The molecule has 0 fully saturated rings. The number of nitrogens with two attached hydrogens (primary N) is 1. The number of nitriles is 1. The number of pyridine rings is 1. The number of aromatic nitrogens is 1. The number of hydrogen-bond donors (Lipinski definition) is 1. The van der Waals surface area contributed by atoms with Crippen molar-refractivity contribution in [2.24, 2.45) is 0 Å². The average molecular weight is 398 g/mol. The third-order valence-corrected chi connectivity index (χ3v) is 4.77. The first-order chi connectivity index (χ1) is 13.0. The SMILES string of the molecule is CCOc1ccc(-c2c(C)c(-c3ccc(Cl)cc3Cl)nc(N)c2C#N)cc1. The summed E-state index contributed by atoms with van der Waals surface area (Å²) in [6.45, 7) is 4.42. The van der Waals surface area contributed by atoms with Gasteiger partial charge in [-0.15, -0.1) is 0 Å². The molecule has 0 aliphatic heterocycles. The van der Waals surface area contributed by atoms with E-state index < -0.39 is 0 Å². The largest absolute Gasteiger partial charge is 0.494 e. The van der Waals surface area contributed by atoms with Crippen LogP contribution >= 0.6 is 23.2 Å². The number of hydrogen-bond acceptors (Lipinski definition) is 4. The first-order valence-corrected chi connectivity index (χ1v) is 9.10. The maximum atomic E-state index is 9.64. The van der Waals surface area contributed by atoms with E-state index in [1.807, 2.05) is 38.1 Å². The van der Waals surface area contributed by atoms with E-state index in [2.05, 4.69) is 11.1 Å². The lowest BCUT2D eigenvalue weighted by Gasteiger charge is -2.16. The van der Waals surface area contributed by atoms with Gasteiger partial charge in [0.15, 0.2) is 0 Å². The van der Waals surface area contributed by atoms with E-state index in [9.17, 15) is 5.26 Å². The monoisotopic (exact) mass is 397 g/mol. The summed E-state index contributed by atoms with van der Waals surface area (Å²) in [6.07, 6.45) is 0. The van der Waals surface area contributed by atoms with Crippen LogP contribution in [-0.4, -0.2) is 11.6 Å². The fraction of sp³-hybridized carbons (Fsp3) is 0.143. The summed E-state index contributed by atoms with van der Waals surface area (Å²) in [6, 6.07) is 14.9. The molecule has 0 aliphatic carbocycles. The number of anilines is 1. The molecule has 0 amide bonds. The maximum absolute atomic E-state index is 9.64. The lowest BCUT2D eigenvalue weighted by atomic mass is 9.93. The standard InChI is InChI=1S/C21H17Cl2N3O/c1-3-27-15-7-4-13(5-8-15)19-12(2)20(26-21(25)17(19)11-24)16-9-6-14(22)10-18(16)23/h4-10H,3H2,1-2H3,(H2,25,26). The summed E-state index contributed by atoms with van der Waals surface area (Å²) in [5, 5.41) is 10.6. The van der Waals surface area contributed by atoms with E-state index in [1.54, 1.807) is 18.2 Å². The van der Waals surface area contributed by atoms with Crippen LogP contribution in [0, 0.1) is 18.3 Å². The van der Waals surface area contributed by atoms with Crippen LogP contribution in [0.25, 0.3) is 22.4 Å². The number of rotatable bonds is 4. The van der Waals surface area contributed by atoms with Crippen molar-refractivity contribution in [3.63, 3.8) is 0 Å². The molecular weight excluding hydrogens is 381 g/mol. The van der Waals surface area contributed by atoms with E-state index >= 15 is 0 Å². The van der Waals surface area contributed by atoms with Gasteiger partial charge in [0.25, 0.3) is 0 Å². The van der Waals surface area contributed by atoms with Crippen LogP contribution in [0.5, 0.6) is 5.75 Å². The first-order valence-electron chi connectivity index (χ1n) is 8.35. The van der Waals surface area contributed by atoms with Gasteiger partial charge in [-0.2, -0.15) is 5.26 Å². The highest BCUT2D eigenvalue weighted by Gasteiger charge is 2.19. The predicted octanol–water partition coefficient (Wildman–Crippen LogP) is 5.88. The third-order valence-electron chi connectivity index (χ3n) is 4.22. The number of ether oxygens (including phenoxy) is 1. The molecule has 1 heterocycles. The number of halogens is 2. The third kappa shape index (κ3) is 3.71. The average Bonchev–Trinajstić information content (AvgIpc) is 2.64. The van der Waals surface area contributed by atoms with Crippen LogP contribution in [0.15, 0.2) is 42.5 Å². The van der Waals surface area contributed by atoms with Gasteiger partial charge in [0.2, 0.25) is 0 Å². The van der Waals surface area contributed by atoms with Crippen LogP contribution in [0.1, 0.15) is 18.1 Å². The van der Waals surface area contributed by atoms with Gasteiger partial charge in [0.1, 0.15) is 23.2 Å². The molecule has 4 nitrogen and oxygen atoms in total. The molecule has 3 aromatic rings. The number of benzene rings is 2. The highest BCUT2D eigenvalue weighted by atomic mass is 35.5. The van der Waals surface area contributed by atoms with Crippen molar-refractivity contribution < 1.29 is 4.74 Å². The molecule has 0 saturated heterocycles. The molecule has 27 heavy (non-hydrogen) atoms. The second-order valence-corrected chi connectivity index (χ2v) is 6.76. The molecule has 0 atom stereocenters. The predicted molar refractivity (Wildman–Crippen MR) is 110 cm³/mol. The Hall–Kier alpha value is -2.74. The summed E-state index contributed by atoms with van der Waals surface area (Å²) in [5.41, 5.74) is 10.2. The van der Waals surface area contributed by atoms with Gasteiger partial charge >= 0.3 is 0 Å². The van der Waals surface area contributed by atoms with Crippen molar-refractivity contribution in [1.82, 2.24) is 4.98 Å². The van der Waals surface area contributed by atoms with Gasteiger partial charge < -0.3 is 10.5 Å². The number of nitrogens with zero attached hydrogens (tertiary/aromatic N) is 2. The Morgan fingerprint density at radius 1 is 1.15 bits per heavy atom. The molecule has 0 bridgehead atoms.